The Kier molecular flexibility index (Phi) is 4.67. The van der Waals surface area contributed by atoms with E-state index in [-0.39, 0.29) is 12.5 Å². The summed E-state index contributed by atoms with van der Waals surface area (Å²) in [6.45, 7) is 5.76. The van der Waals surface area contributed by atoms with Gasteiger partial charge in [0, 0.05) is 6.54 Å². The maximum atomic E-state index is 12.0. The van der Waals surface area contributed by atoms with Gasteiger partial charge in [0.15, 0.2) is 0 Å². The summed E-state index contributed by atoms with van der Waals surface area (Å²) in [6.07, 6.45) is 2.70. The highest BCUT2D eigenvalue weighted by atomic mass is 16.3. The fourth-order valence-electron chi connectivity index (χ4n) is 1.62. The molecule has 0 unspecified atom stereocenters. The van der Waals surface area contributed by atoms with Gasteiger partial charge in [0.25, 0.3) is 5.91 Å². The summed E-state index contributed by atoms with van der Waals surface area (Å²) in [7, 11) is 0. The molecule has 0 aliphatic heterocycles. The number of nitrogen functional groups attached to an aromatic ring is 1. The van der Waals surface area contributed by atoms with Gasteiger partial charge in [0.2, 0.25) is 0 Å². The summed E-state index contributed by atoms with van der Waals surface area (Å²) < 4.78 is 0. The molecule has 0 atom stereocenters. The van der Waals surface area contributed by atoms with Gasteiger partial charge in [-0.15, -0.1) is 0 Å². The quantitative estimate of drug-likeness (QED) is 0.735. The second kappa shape index (κ2) is 5.82. The van der Waals surface area contributed by atoms with Gasteiger partial charge < -0.3 is 16.2 Å². The Bertz CT molecular complexity index is 428. The van der Waals surface area contributed by atoms with E-state index in [1.807, 2.05) is 13.8 Å². The Morgan fingerprint density at radius 3 is 2.67 bits per heavy atom. The molecule has 4 N–H and O–H groups in total. The predicted octanol–water partition coefficient (Wildman–Crippen LogP) is 1.25. The Hall–Kier alpha value is -1.62. The molecular formula is C13H21N3O2. The van der Waals surface area contributed by atoms with Crippen LogP contribution >= 0.6 is 0 Å². The first kappa shape index (κ1) is 14.4. The molecule has 0 radical (unpaired) electrons. The number of hydrogen-bond donors (Lipinski definition) is 3. The zero-order valence-electron chi connectivity index (χ0n) is 11.2. The number of hydrogen-bond acceptors (Lipinski definition) is 4. The lowest BCUT2D eigenvalue weighted by molar-refractivity contribution is 0.0314. The number of amides is 1. The summed E-state index contributed by atoms with van der Waals surface area (Å²) in [5, 5.41) is 12.8. The highest BCUT2D eigenvalue weighted by Crippen LogP contribution is 2.14. The van der Waals surface area contributed by atoms with Crippen LogP contribution < -0.4 is 11.1 Å². The SMILES string of the molecule is CCC(O)(CC)CNC(=O)c1cc(N)cnc1C. The largest absolute Gasteiger partial charge is 0.397 e. The van der Waals surface area contributed by atoms with E-state index < -0.39 is 5.60 Å². The van der Waals surface area contributed by atoms with Crippen LogP contribution in [0.3, 0.4) is 0 Å². The number of anilines is 1. The first-order chi connectivity index (χ1) is 8.41. The number of aryl methyl sites for hydroxylation is 1. The van der Waals surface area contributed by atoms with Gasteiger partial charge in [-0.2, -0.15) is 0 Å². The monoisotopic (exact) mass is 251 g/mol. The lowest BCUT2D eigenvalue weighted by Crippen LogP contribution is -2.42. The van der Waals surface area contributed by atoms with Crippen molar-refractivity contribution >= 4 is 11.6 Å². The van der Waals surface area contributed by atoms with Crippen LogP contribution in [0.4, 0.5) is 5.69 Å². The number of nitrogens with zero attached hydrogens (tertiary/aromatic N) is 1. The van der Waals surface area contributed by atoms with Crippen LogP contribution in [0.15, 0.2) is 12.3 Å². The zero-order chi connectivity index (χ0) is 13.8. The summed E-state index contributed by atoms with van der Waals surface area (Å²) in [5.74, 6) is -0.257. The maximum Gasteiger partial charge on any atom is 0.253 e. The third-order valence-corrected chi connectivity index (χ3v) is 3.25. The van der Waals surface area contributed by atoms with E-state index in [4.69, 9.17) is 5.73 Å². The highest BCUT2D eigenvalue weighted by Gasteiger charge is 2.23. The standard InChI is InChI=1S/C13H21N3O2/c1-4-13(18,5-2)8-16-12(17)11-6-10(14)7-15-9(11)3/h6-7,18H,4-5,8,14H2,1-3H3,(H,16,17). The molecular weight excluding hydrogens is 230 g/mol. The van der Waals surface area contributed by atoms with Crippen LogP contribution in [-0.2, 0) is 0 Å². The minimum Gasteiger partial charge on any atom is -0.397 e. The second-order valence-electron chi connectivity index (χ2n) is 4.52. The van der Waals surface area contributed by atoms with Crippen molar-refractivity contribution in [3.8, 4) is 0 Å². The van der Waals surface area contributed by atoms with Gasteiger partial charge in [0.1, 0.15) is 0 Å². The fourth-order valence-corrected chi connectivity index (χ4v) is 1.62. The van der Waals surface area contributed by atoms with Crippen LogP contribution in [-0.4, -0.2) is 28.1 Å². The molecule has 0 aliphatic rings. The van der Waals surface area contributed by atoms with Crippen molar-refractivity contribution in [1.29, 1.82) is 0 Å². The molecule has 0 aromatic carbocycles. The molecule has 1 aromatic heterocycles. The molecule has 5 heteroatoms. The Labute approximate surface area is 107 Å². The molecule has 0 saturated heterocycles. The molecule has 0 aliphatic carbocycles. The average molecular weight is 251 g/mol. The smallest absolute Gasteiger partial charge is 0.253 e. The molecule has 0 bridgehead atoms. The molecule has 1 heterocycles. The molecule has 18 heavy (non-hydrogen) atoms. The number of carbonyl (C=O) groups is 1. The van der Waals surface area contributed by atoms with E-state index in [0.717, 1.165) is 0 Å². The minimum absolute atomic E-state index is 0.229. The number of nitrogens with one attached hydrogen (secondary N) is 1. The first-order valence-electron chi connectivity index (χ1n) is 6.14. The van der Waals surface area contributed by atoms with E-state index in [1.54, 1.807) is 13.0 Å². The fraction of sp³-hybridized carbons (Fsp3) is 0.538. The van der Waals surface area contributed by atoms with E-state index in [9.17, 15) is 9.90 Å². The van der Waals surface area contributed by atoms with Gasteiger partial charge in [-0.3, -0.25) is 9.78 Å². The summed E-state index contributed by atoms with van der Waals surface area (Å²) in [4.78, 5) is 16.0. The lowest BCUT2D eigenvalue weighted by Gasteiger charge is -2.25. The van der Waals surface area contributed by atoms with E-state index in [0.29, 0.717) is 29.8 Å². The normalized spacial score (nSPS) is 11.3. The van der Waals surface area contributed by atoms with Crippen LogP contribution in [0.5, 0.6) is 0 Å². The number of aliphatic hydroxyl groups is 1. The van der Waals surface area contributed by atoms with Crippen molar-refractivity contribution in [2.75, 3.05) is 12.3 Å². The number of carbonyl (C=O) groups excluding carboxylic acids is 1. The van der Waals surface area contributed by atoms with Gasteiger partial charge in [0.05, 0.1) is 28.7 Å². The van der Waals surface area contributed by atoms with Gasteiger partial charge >= 0.3 is 0 Å². The molecule has 0 saturated carbocycles. The third-order valence-electron chi connectivity index (χ3n) is 3.25. The van der Waals surface area contributed by atoms with Crippen molar-refractivity contribution in [1.82, 2.24) is 10.3 Å². The predicted molar refractivity (Wildman–Crippen MR) is 71.3 cm³/mol. The molecule has 1 amide bonds. The van der Waals surface area contributed by atoms with Gasteiger partial charge in [-0.1, -0.05) is 13.8 Å². The van der Waals surface area contributed by atoms with Gasteiger partial charge in [-0.25, -0.2) is 0 Å². The van der Waals surface area contributed by atoms with Crippen molar-refractivity contribution < 1.29 is 9.90 Å². The average Bonchev–Trinajstić information content (AvgIpc) is 2.38. The van der Waals surface area contributed by atoms with Crippen molar-refractivity contribution in [2.45, 2.75) is 39.2 Å². The number of aromatic nitrogens is 1. The zero-order valence-corrected chi connectivity index (χ0v) is 11.2. The Morgan fingerprint density at radius 1 is 1.50 bits per heavy atom. The van der Waals surface area contributed by atoms with Gasteiger partial charge in [-0.05, 0) is 25.8 Å². The van der Waals surface area contributed by atoms with Crippen LogP contribution in [0.25, 0.3) is 0 Å². The topological polar surface area (TPSA) is 88.2 Å². The van der Waals surface area contributed by atoms with Crippen molar-refractivity contribution in [3.05, 3.63) is 23.5 Å². The maximum absolute atomic E-state index is 12.0. The van der Waals surface area contributed by atoms with Crippen LogP contribution in [0.1, 0.15) is 42.7 Å². The summed E-state index contributed by atoms with van der Waals surface area (Å²) >= 11 is 0. The highest BCUT2D eigenvalue weighted by molar-refractivity contribution is 5.95. The minimum atomic E-state index is -0.850. The number of rotatable bonds is 5. The van der Waals surface area contributed by atoms with E-state index in [2.05, 4.69) is 10.3 Å². The molecule has 5 nitrogen and oxygen atoms in total. The van der Waals surface area contributed by atoms with E-state index in [1.165, 1.54) is 6.20 Å². The lowest BCUT2D eigenvalue weighted by atomic mass is 9.97. The van der Waals surface area contributed by atoms with Crippen molar-refractivity contribution in [3.63, 3.8) is 0 Å². The first-order valence-corrected chi connectivity index (χ1v) is 6.14. The second-order valence-corrected chi connectivity index (χ2v) is 4.52. The Balaban J connectivity index is 2.74. The summed E-state index contributed by atoms with van der Waals surface area (Å²) in [6, 6.07) is 1.59. The number of nitrogens with two attached hydrogens (primary N) is 1. The third kappa shape index (κ3) is 3.43. The molecule has 100 valence electrons. The molecule has 0 fully saturated rings. The van der Waals surface area contributed by atoms with Crippen molar-refractivity contribution in [2.24, 2.45) is 0 Å². The molecule has 1 aromatic rings. The number of pyridine rings is 1. The Morgan fingerprint density at radius 2 is 2.11 bits per heavy atom. The van der Waals surface area contributed by atoms with Crippen LogP contribution in [0.2, 0.25) is 0 Å². The molecule has 0 spiro atoms. The van der Waals surface area contributed by atoms with E-state index >= 15 is 0 Å². The summed E-state index contributed by atoms with van der Waals surface area (Å²) in [5.41, 5.74) is 6.28. The molecule has 1 rings (SSSR count). The van der Waals surface area contributed by atoms with Crippen LogP contribution in [0, 0.1) is 6.92 Å².